The van der Waals surface area contributed by atoms with Gasteiger partial charge in [0.25, 0.3) is 0 Å². The predicted octanol–water partition coefficient (Wildman–Crippen LogP) is 12.8. The fourth-order valence-corrected chi connectivity index (χ4v) is 3.31. The Morgan fingerprint density at radius 3 is 0.974 bits per heavy atom. The van der Waals surface area contributed by atoms with Crippen molar-refractivity contribution in [3.05, 3.63) is 132 Å². The zero-order chi connectivity index (χ0) is 27.9. The molecule has 0 aliphatic carbocycles. The first-order valence-electron chi connectivity index (χ1n) is 13.9. The van der Waals surface area contributed by atoms with Gasteiger partial charge in [-0.2, -0.15) is 0 Å². The van der Waals surface area contributed by atoms with Gasteiger partial charge in [0.05, 0.1) is 0 Å². The van der Waals surface area contributed by atoms with Crippen LogP contribution in [0.2, 0.25) is 0 Å². The van der Waals surface area contributed by atoms with Gasteiger partial charge < -0.3 is 0 Å². The summed E-state index contributed by atoms with van der Waals surface area (Å²) in [5, 5.41) is 5.37. The Bertz CT molecular complexity index is 1110. The van der Waals surface area contributed by atoms with Gasteiger partial charge in [0, 0.05) is 0 Å². The minimum absolute atomic E-state index is 0. The van der Waals surface area contributed by atoms with Gasteiger partial charge >= 0.3 is 0 Å². The van der Waals surface area contributed by atoms with E-state index in [-0.39, 0.29) is 7.43 Å². The third-order valence-electron chi connectivity index (χ3n) is 4.96. The highest BCUT2D eigenvalue weighted by molar-refractivity contribution is 5.86. The summed E-state index contributed by atoms with van der Waals surface area (Å²) in [6.07, 6.45) is 2.50. The Balaban J connectivity index is 0. The summed E-state index contributed by atoms with van der Waals surface area (Å²) >= 11 is 0. The normalized spacial score (nSPS) is 8.66. The van der Waals surface area contributed by atoms with Crippen molar-refractivity contribution in [2.45, 2.75) is 82.6 Å². The second kappa shape index (κ2) is 24.0. The molecule has 0 aliphatic heterocycles. The number of benzene rings is 5. The van der Waals surface area contributed by atoms with E-state index in [4.69, 9.17) is 0 Å². The van der Waals surface area contributed by atoms with E-state index < -0.39 is 0 Å². The van der Waals surface area contributed by atoms with E-state index >= 15 is 0 Å². The van der Waals surface area contributed by atoms with Crippen LogP contribution in [0.15, 0.2) is 115 Å². The van der Waals surface area contributed by atoms with Crippen LogP contribution in [-0.4, -0.2) is 0 Å². The second-order valence-electron chi connectivity index (χ2n) is 8.66. The maximum atomic E-state index is 2.16. The highest BCUT2D eigenvalue weighted by Gasteiger charge is 1.93. The summed E-state index contributed by atoms with van der Waals surface area (Å²) in [5.41, 5.74) is 4.02. The molecule has 0 amide bonds. The van der Waals surface area contributed by atoms with Crippen LogP contribution >= 0.6 is 0 Å². The minimum atomic E-state index is 0. The number of rotatable bonds is 0. The molecule has 206 valence electrons. The largest absolute Gasteiger partial charge is 0.0776 e. The standard InChI is InChI=1S/2C11H10.C7H8.2C3H8.C2H6.CH4/c2*1-9-5-4-7-10-6-2-3-8-11(9)10;1-7-5-3-2-4-6-7;2*1-3-2;1-2;/h2*2-8H,1H3;2-6H,1H3;2*3H2,1-2H3;1-2H3;1H4. The molecule has 0 saturated carbocycles. The highest BCUT2D eigenvalue weighted by Crippen LogP contribution is 2.17. The Hall–Kier alpha value is -3.38. The number of hydrogen-bond acceptors (Lipinski definition) is 0. The molecule has 0 aromatic heterocycles. The van der Waals surface area contributed by atoms with E-state index in [1.807, 2.05) is 32.0 Å². The fraction of sp³-hybridized carbons (Fsp3) is 0.316. The molecule has 0 spiro atoms. The molecule has 0 atom stereocenters. The van der Waals surface area contributed by atoms with Crippen LogP contribution in [0, 0.1) is 20.8 Å². The summed E-state index contributed by atoms with van der Waals surface area (Å²) in [6, 6.07) is 39.9. The third kappa shape index (κ3) is 15.0. The Labute approximate surface area is 235 Å². The van der Waals surface area contributed by atoms with Crippen LogP contribution in [0.3, 0.4) is 0 Å². The van der Waals surface area contributed by atoms with Crippen LogP contribution in [0.5, 0.6) is 0 Å². The second-order valence-corrected chi connectivity index (χ2v) is 8.66. The molecule has 0 aliphatic rings. The maximum Gasteiger partial charge on any atom is -0.0155 e. The van der Waals surface area contributed by atoms with Gasteiger partial charge in [-0.15, -0.1) is 0 Å². The number of hydrogen-bond donors (Lipinski definition) is 0. The van der Waals surface area contributed by atoms with Crippen LogP contribution < -0.4 is 0 Å². The lowest BCUT2D eigenvalue weighted by atomic mass is 10.1. The molecule has 0 heteroatoms. The number of fused-ring (bicyclic) bond motifs is 2. The van der Waals surface area contributed by atoms with E-state index in [2.05, 4.69) is 146 Å². The Kier molecular flexibility index (Phi) is 23.2. The predicted molar refractivity (Wildman–Crippen MR) is 179 cm³/mol. The lowest BCUT2D eigenvalue weighted by Gasteiger charge is -1.98. The van der Waals surface area contributed by atoms with Gasteiger partial charge in [-0.3, -0.25) is 0 Å². The van der Waals surface area contributed by atoms with E-state index in [1.54, 1.807) is 0 Å². The van der Waals surface area contributed by atoms with Gasteiger partial charge in [-0.1, -0.05) is 183 Å². The monoisotopic (exact) mass is 510 g/mol. The van der Waals surface area contributed by atoms with Crippen LogP contribution in [-0.2, 0) is 0 Å². The summed E-state index contributed by atoms with van der Waals surface area (Å²) in [6.45, 7) is 18.9. The van der Waals surface area contributed by atoms with Crippen molar-refractivity contribution < 1.29 is 0 Å². The van der Waals surface area contributed by atoms with Gasteiger partial charge in [0.15, 0.2) is 0 Å². The molecule has 0 radical (unpaired) electrons. The average molecular weight is 511 g/mol. The molecule has 0 N–H and O–H groups in total. The lowest BCUT2D eigenvalue weighted by molar-refractivity contribution is 1.09. The molecule has 38 heavy (non-hydrogen) atoms. The molecule has 5 rings (SSSR count). The quantitative estimate of drug-likeness (QED) is 0.194. The zero-order valence-electron chi connectivity index (χ0n) is 24.9. The molecule has 0 unspecified atom stereocenters. The molecule has 0 bridgehead atoms. The molecule has 5 aromatic carbocycles. The van der Waals surface area contributed by atoms with Crippen molar-refractivity contribution in [2.75, 3.05) is 0 Å². The Morgan fingerprint density at radius 1 is 0.395 bits per heavy atom. The van der Waals surface area contributed by atoms with Crippen molar-refractivity contribution in [1.29, 1.82) is 0 Å². The van der Waals surface area contributed by atoms with E-state index in [9.17, 15) is 0 Å². The van der Waals surface area contributed by atoms with E-state index in [1.165, 1.54) is 51.1 Å². The smallest absolute Gasteiger partial charge is 0.0155 e. The first-order valence-corrected chi connectivity index (χ1v) is 13.9. The van der Waals surface area contributed by atoms with Crippen molar-refractivity contribution >= 4 is 21.5 Å². The van der Waals surface area contributed by atoms with Gasteiger partial charge in [-0.05, 0) is 53.4 Å². The maximum absolute atomic E-state index is 2.16. The van der Waals surface area contributed by atoms with Crippen molar-refractivity contribution in [1.82, 2.24) is 0 Å². The molecule has 0 heterocycles. The van der Waals surface area contributed by atoms with Gasteiger partial charge in [0.2, 0.25) is 0 Å². The molecule has 0 nitrogen and oxygen atoms in total. The first kappa shape index (κ1) is 36.8. The first-order chi connectivity index (χ1) is 18.0. The van der Waals surface area contributed by atoms with Crippen LogP contribution in [0.1, 0.15) is 78.5 Å². The SMILES string of the molecule is C.CC.CCC.CCC.Cc1cccc2ccccc12.Cc1cccc2ccccc12.Cc1ccccc1. The van der Waals surface area contributed by atoms with Crippen molar-refractivity contribution in [3.8, 4) is 0 Å². The average Bonchev–Trinajstić information content (AvgIpc) is 2.93. The van der Waals surface area contributed by atoms with Crippen molar-refractivity contribution in [2.24, 2.45) is 0 Å². The Morgan fingerprint density at radius 2 is 0.684 bits per heavy atom. The van der Waals surface area contributed by atoms with Crippen molar-refractivity contribution in [3.63, 3.8) is 0 Å². The molecular weight excluding hydrogens is 456 g/mol. The van der Waals surface area contributed by atoms with E-state index in [0.29, 0.717) is 0 Å². The minimum Gasteiger partial charge on any atom is -0.0776 e. The molecule has 0 fully saturated rings. The lowest BCUT2D eigenvalue weighted by Crippen LogP contribution is -1.75. The summed E-state index contributed by atoms with van der Waals surface area (Å²) < 4.78 is 0. The van der Waals surface area contributed by atoms with Crippen LogP contribution in [0.4, 0.5) is 0 Å². The van der Waals surface area contributed by atoms with E-state index in [0.717, 1.165) is 0 Å². The zero-order valence-corrected chi connectivity index (χ0v) is 24.9. The molecule has 0 saturated heterocycles. The number of aryl methyl sites for hydroxylation is 3. The highest BCUT2D eigenvalue weighted by atomic mass is 14.0. The molecular formula is C38H54. The topological polar surface area (TPSA) is 0 Å². The van der Waals surface area contributed by atoms with Gasteiger partial charge in [-0.25, -0.2) is 0 Å². The fourth-order valence-electron chi connectivity index (χ4n) is 3.31. The van der Waals surface area contributed by atoms with Gasteiger partial charge in [0.1, 0.15) is 0 Å². The summed E-state index contributed by atoms with van der Waals surface area (Å²) in [4.78, 5) is 0. The molecule has 5 aromatic rings. The summed E-state index contributed by atoms with van der Waals surface area (Å²) in [7, 11) is 0. The van der Waals surface area contributed by atoms with Crippen LogP contribution in [0.25, 0.3) is 21.5 Å². The third-order valence-corrected chi connectivity index (χ3v) is 4.96. The summed E-state index contributed by atoms with van der Waals surface area (Å²) in [5.74, 6) is 0.